The van der Waals surface area contributed by atoms with Crippen LogP contribution in [0.4, 0.5) is 14.9 Å². The summed E-state index contributed by atoms with van der Waals surface area (Å²) in [4.78, 5) is 23.6. The third-order valence-electron chi connectivity index (χ3n) is 7.00. The minimum absolute atomic E-state index is 0.0290. The number of carboxylic acid groups (broad SMARTS) is 1. The van der Waals surface area contributed by atoms with Crippen LogP contribution in [-0.4, -0.2) is 35.0 Å². The van der Waals surface area contributed by atoms with Crippen molar-refractivity contribution in [2.45, 2.75) is 84.8 Å². The lowest BCUT2D eigenvalue weighted by molar-refractivity contribution is -0.156. The lowest BCUT2D eigenvalue weighted by Crippen LogP contribution is -2.42. The molecule has 192 valence electrons. The summed E-state index contributed by atoms with van der Waals surface area (Å²) in [7, 11) is 0. The minimum Gasteiger partial charge on any atom is -0.481 e. The molecule has 0 spiro atoms. The molecule has 1 fully saturated rings. The highest BCUT2D eigenvalue weighted by molar-refractivity contribution is 5.90. The van der Waals surface area contributed by atoms with Gasteiger partial charge in [-0.3, -0.25) is 10.1 Å². The Balaban J connectivity index is 1.79. The molecule has 0 saturated carbocycles. The number of halogens is 1. The molecule has 3 rings (SSSR count). The van der Waals surface area contributed by atoms with Crippen molar-refractivity contribution in [1.82, 2.24) is 5.16 Å². The normalized spacial score (nSPS) is 23.0. The Bertz CT molecular complexity index is 1060. The van der Waals surface area contributed by atoms with E-state index in [9.17, 15) is 14.7 Å². The van der Waals surface area contributed by atoms with Crippen molar-refractivity contribution in [3.8, 4) is 11.3 Å². The van der Waals surface area contributed by atoms with E-state index in [1.54, 1.807) is 19.1 Å². The Morgan fingerprint density at radius 1 is 1.31 bits per heavy atom. The highest BCUT2D eigenvalue weighted by Crippen LogP contribution is 2.46. The highest BCUT2D eigenvalue weighted by Gasteiger charge is 2.43. The van der Waals surface area contributed by atoms with E-state index in [0.29, 0.717) is 41.8 Å². The Morgan fingerprint density at radius 3 is 2.63 bits per heavy atom. The fraction of sp³-hybridized carbons (Fsp3) is 0.577. The largest absolute Gasteiger partial charge is 0.481 e. The van der Waals surface area contributed by atoms with Crippen molar-refractivity contribution < 1.29 is 33.1 Å². The summed E-state index contributed by atoms with van der Waals surface area (Å²) in [6, 6.07) is 4.67. The zero-order valence-electron chi connectivity index (χ0n) is 21.1. The predicted octanol–water partition coefficient (Wildman–Crippen LogP) is 6.42. The van der Waals surface area contributed by atoms with Gasteiger partial charge < -0.3 is 19.1 Å². The molecule has 3 unspecified atom stereocenters. The lowest BCUT2D eigenvalue weighted by atomic mass is 9.72. The number of amides is 1. The summed E-state index contributed by atoms with van der Waals surface area (Å²) in [5.41, 5.74) is 0.256. The number of aromatic nitrogens is 1. The number of benzene rings is 1. The molecular formula is C26H35FN2O6. The minimum atomic E-state index is -0.878. The quantitative estimate of drug-likeness (QED) is 0.417. The standard InChI is InChI=1S/C26H35FN2O6/c1-6-8-16(3)34-24(32)28-22-17(4)29-35-23(22)18-9-10-19(20(27)13-18)25(5)11-12-26(7-2,15-33-25)14-21(30)31/h9-10,13,16H,6-8,11-12,14-15H2,1-5H3,(H,28,32)(H,30,31). The number of hydrogen-bond donors (Lipinski definition) is 2. The van der Waals surface area contributed by atoms with E-state index in [1.807, 2.05) is 27.7 Å². The zero-order valence-corrected chi connectivity index (χ0v) is 21.1. The summed E-state index contributed by atoms with van der Waals surface area (Å²) in [5, 5.41) is 15.9. The first-order valence-corrected chi connectivity index (χ1v) is 12.1. The van der Waals surface area contributed by atoms with Gasteiger partial charge in [0.15, 0.2) is 5.76 Å². The van der Waals surface area contributed by atoms with Crippen molar-refractivity contribution in [3.05, 3.63) is 35.3 Å². The molecular weight excluding hydrogens is 455 g/mol. The number of nitrogens with one attached hydrogen (secondary N) is 1. The fourth-order valence-electron chi connectivity index (χ4n) is 4.62. The molecule has 2 aromatic rings. The molecule has 8 nitrogen and oxygen atoms in total. The molecule has 2 N–H and O–H groups in total. The SMILES string of the molecule is CCCC(C)OC(=O)Nc1c(C)noc1-c1ccc(C2(C)CCC(CC)(CC(=O)O)CO2)c(F)c1. The number of rotatable bonds is 9. The maximum atomic E-state index is 15.4. The second-order valence-corrected chi connectivity index (χ2v) is 9.74. The zero-order chi connectivity index (χ0) is 25.8. The molecule has 35 heavy (non-hydrogen) atoms. The number of carboxylic acids is 1. The molecule has 0 radical (unpaired) electrons. The van der Waals surface area contributed by atoms with Crippen molar-refractivity contribution in [3.63, 3.8) is 0 Å². The Morgan fingerprint density at radius 2 is 2.06 bits per heavy atom. The predicted molar refractivity (Wildman–Crippen MR) is 129 cm³/mol. The molecule has 1 aromatic heterocycles. The molecule has 1 aliphatic rings. The monoisotopic (exact) mass is 490 g/mol. The van der Waals surface area contributed by atoms with Gasteiger partial charge in [-0.2, -0.15) is 0 Å². The van der Waals surface area contributed by atoms with Crippen LogP contribution in [0.15, 0.2) is 22.7 Å². The molecule has 9 heteroatoms. The van der Waals surface area contributed by atoms with E-state index in [4.69, 9.17) is 14.0 Å². The van der Waals surface area contributed by atoms with Crippen molar-refractivity contribution in [1.29, 1.82) is 0 Å². The number of hydrogen-bond acceptors (Lipinski definition) is 6. The first kappa shape index (κ1) is 26.7. The van der Waals surface area contributed by atoms with Crippen LogP contribution >= 0.6 is 0 Å². The molecule has 3 atom stereocenters. The van der Waals surface area contributed by atoms with Crippen LogP contribution in [0.25, 0.3) is 11.3 Å². The van der Waals surface area contributed by atoms with Gasteiger partial charge in [-0.1, -0.05) is 37.6 Å². The number of carbonyl (C=O) groups is 2. The first-order chi connectivity index (χ1) is 16.5. The van der Waals surface area contributed by atoms with Gasteiger partial charge >= 0.3 is 12.1 Å². The van der Waals surface area contributed by atoms with Crippen LogP contribution in [0.1, 0.15) is 77.5 Å². The summed E-state index contributed by atoms with van der Waals surface area (Å²) in [6.07, 6.45) is 2.60. The van der Waals surface area contributed by atoms with Gasteiger partial charge in [0.2, 0.25) is 0 Å². The Kier molecular flexibility index (Phi) is 8.20. The van der Waals surface area contributed by atoms with Crippen LogP contribution in [0.3, 0.4) is 0 Å². The second kappa shape index (κ2) is 10.8. The molecule has 0 bridgehead atoms. The fourth-order valence-corrected chi connectivity index (χ4v) is 4.62. The van der Waals surface area contributed by atoms with Crippen LogP contribution in [0, 0.1) is 18.2 Å². The maximum Gasteiger partial charge on any atom is 0.412 e. The Hall–Kier alpha value is -2.94. The number of aliphatic carboxylic acids is 1. The summed E-state index contributed by atoms with van der Waals surface area (Å²) in [6.45, 7) is 9.53. The average Bonchev–Trinajstić information content (AvgIpc) is 3.15. The second-order valence-electron chi connectivity index (χ2n) is 9.74. The molecule has 1 aliphatic heterocycles. The van der Waals surface area contributed by atoms with E-state index in [0.717, 1.165) is 12.8 Å². The third kappa shape index (κ3) is 6.01. The van der Waals surface area contributed by atoms with Crippen LogP contribution in [0.2, 0.25) is 0 Å². The number of aryl methyl sites for hydroxylation is 1. The molecule has 1 amide bonds. The highest BCUT2D eigenvalue weighted by atomic mass is 19.1. The Labute approximate surface area is 205 Å². The van der Waals surface area contributed by atoms with Gasteiger partial charge in [-0.25, -0.2) is 9.18 Å². The molecule has 1 aromatic carbocycles. The van der Waals surface area contributed by atoms with Gasteiger partial charge in [0.1, 0.15) is 23.3 Å². The van der Waals surface area contributed by atoms with Gasteiger partial charge in [-0.15, -0.1) is 0 Å². The average molecular weight is 491 g/mol. The maximum absolute atomic E-state index is 15.4. The molecule has 2 heterocycles. The van der Waals surface area contributed by atoms with E-state index in [2.05, 4.69) is 10.5 Å². The van der Waals surface area contributed by atoms with E-state index < -0.39 is 28.9 Å². The van der Waals surface area contributed by atoms with Gasteiger partial charge in [-0.05, 0) is 52.5 Å². The smallest absolute Gasteiger partial charge is 0.412 e. The number of carbonyl (C=O) groups excluding carboxylic acids is 1. The molecule has 0 aliphatic carbocycles. The number of ether oxygens (including phenoxy) is 2. The summed E-state index contributed by atoms with van der Waals surface area (Å²) in [5.74, 6) is -1.11. The van der Waals surface area contributed by atoms with E-state index in [-0.39, 0.29) is 24.9 Å². The number of nitrogens with zero attached hydrogens (tertiary/aromatic N) is 1. The van der Waals surface area contributed by atoms with Crippen molar-refractivity contribution >= 4 is 17.7 Å². The van der Waals surface area contributed by atoms with E-state index >= 15 is 4.39 Å². The summed E-state index contributed by atoms with van der Waals surface area (Å²) < 4.78 is 32.2. The van der Waals surface area contributed by atoms with Gasteiger partial charge in [0, 0.05) is 16.5 Å². The van der Waals surface area contributed by atoms with Gasteiger partial charge in [0.25, 0.3) is 0 Å². The van der Waals surface area contributed by atoms with Crippen molar-refractivity contribution in [2.75, 3.05) is 11.9 Å². The first-order valence-electron chi connectivity index (χ1n) is 12.1. The number of anilines is 1. The molecule has 1 saturated heterocycles. The third-order valence-corrected chi connectivity index (χ3v) is 7.00. The summed E-state index contributed by atoms with van der Waals surface area (Å²) >= 11 is 0. The van der Waals surface area contributed by atoms with Crippen LogP contribution in [-0.2, 0) is 19.9 Å². The van der Waals surface area contributed by atoms with Crippen LogP contribution < -0.4 is 5.32 Å². The van der Waals surface area contributed by atoms with E-state index in [1.165, 1.54) is 6.07 Å². The lowest BCUT2D eigenvalue weighted by Gasteiger charge is -2.44. The van der Waals surface area contributed by atoms with Gasteiger partial charge in [0.05, 0.1) is 18.6 Å². The van der Waals surface area contributed by atoms with Crippen molar-refractivity contribution in [2.24, 2.45) is 5.41 Å². The topological polar surface area (TPSA) is 111 Å². The van der Waals surface area contributed by atoms with Crippen LogP contribution in [0.5, 0.6) is 0 Å².